The summed E-state index contributed by atoms with van der Waals surface area (Å²) >= 11 is 0. The number of benzene rings is 2. The Morgan fingerprint density at radius 1 is 1.13 bits per heavy atom. The lowest BCUT2D eigenvalue weighted by Crippen LogP contribution is -2.48. The monoisotopic (exact) mass is 403 g/mol. The number of hydroxylamine groups is 2. The van der Waals surface area contributed by atoms with Crippen LogP contribution in [-0.4, -0.2) is 17.1 Å². The largest absolute Gasteiger partial charge is 0.474 e. The van der Waals surface area contributed by atoms with Gasteiger partial charge in [0.1, 0.15) is 11.3 Å². The van der Waals surface area contributed by atoms with Crippen LogP contribution < -0.4 is 0 Å². The van der Waals surface area contributed by atoms with E-state index < -0.39 is 5.54 Å². The average Bonchev–Trinajstić information content (AvgIpc) is 3.06. The minimum Gasteiger partial charge on any atom is -0.474 e. The summed E-state index contributed by atoms with van der Waals surface area (Å²) in [4.78, 5) is 19.3. The van der Waals surface area contributed by atoms with Gasteiger partial charge < -0.3 is 4.74 Å². The lowest BCUT2D eigenvalue weighted by Gasteiger charge is -2.40. The highest BCUT2D eigenvalue weighted by Gasteiger charge is 2.57. The van der Waals surface area contributed by atoms with Gasteiger partial charge in [-0.15, -0.1) is 5.06 Å². The zero-order chi connectivity index (χ0) is 21.3. The second kappa shape index (κ2) is 8.21. The van der Waals surface area contributed by atoms with Crippen LogP contribution in [0.1, 0.15) is 55.6 Å². The third kappa shape index (κ3) is 3.51. The highest BCUT2D eigenvalue weighted by Crippen LogP contribution is 2.52. The van der Waals surface area contributed by atoms with Crippen molar-refractivity contribution in [3.63, 3.8) is 0 Å². The van der Waals surface area contributed by atoms with Crippen molar-refractivity contribution < 1.29 is 14.4 Å². The number of allylic oxidation sites excluding steroid dienone is 2. The van der Waals surface area contributed by atoms with Crippen molar-refractivity contribution in [3.05, 3.63) is 94.8 Å². The van der Waals surface area contributed by atoms with Gasteiger partial charge in [-0.2, -0.15) is 0 Å². The van der Waals surface area contributed by atoms with Crippen molar-refractivity contribution in [2.45, 2.75) is 52.5 Å². The molecule has 0 aromatic heterocycles. The third-order valence-electron chi connectivity index (χ3n) is 5.75. The van der Waals surface area contributed by atoms with Gasteiger partial charge in [0.25, 0.3) is 0 Å². The fourth-order valence-electron chi connectivity index (χ4n) is 4.22. The Morgan fingerprint density at radius 2 is 1.83 bits per heavy atom. The lowest BCUT2D eigenvalue weighted by atomic mass is 9.76. The lowest BCUT2D eigenvalue weighted by molar-refractivity contribution is -0.263. The number of hydrogen-bond donors (Lipinski definition) is 0. The highest BCUT2D eigenvalue weighted by molar-refractivity contribution is 6.08. The first-order chi connectivity index (χ1) is 14.4. The minimum absolute atomic E-state index is 0.0131. The number of nitrogens with zero attached hydrogens (tertiary/aromatic N) is 1. The molecule has 1 fully saturated rings. The van der Waals surface area contributed by atoms with Crippen molar-refractivity contribution in [1.29, 1.82) is 0 Å². The molecule has 156 valence electrons. The number of carbonyl (C=O) groups is 1. The van der Waals surface area contributed by atoms with Crippen molar-refractivity contribution >= 4 is 5.78 Å². The standard InChI is InChI=1S/C26H29NO3/c1-18(2)14-15-26-22-13-9-8-12-21(22)23(28)16-24(26)30-25(19(3)4)27(26)29-17-20-10-6-5-7-11-20/h5-14,16,19,25H,15,17H2,1-4H3. The Balaban J connectivity index is 1.84. The highest BCUT2D eigenvalue weighted by atomic mass is 16.7. The van der Waals surface area contributed by atoms with Gasteiger partial charge in [-0.05, 0) is 31.4 Å². The smallest absolute Gasteiger partial charge is 0.189 e. The summed E-state index contributed by atoms with van der Waals surface area (Å²) in [5.41, 5.74) is 3.31. The predicted molar refractivity (Wildman–Crippen MR) is 117 cm³/mol. The molecule has 0 radical (unpaired) electrons. The summed E-state index contributed by atoms with van der Waals surface area (Å²) in [6.45, 7) is 8.84. The van der Waals surface area contributed by atoms with E-state index in [2.05, 4.69) is 45.9 Å². The topological polar surface area (TPSA) is 38.8 Å². The SMILES string of the molecule is CC(C)=CCC12C(=CC(=O)c3ccccc31)OC(C(C)C)N2OCc1ccccc1. The van der Waals surface area contributed by atoms with Crippen LogP contribution in [-0.2, 0) is 21.7 Å². The zero-order valence-corrected chi connectivity index (χ0v) is 18.1. The molecule has 2 aromatic carbocycles. The van der Waals surface area contributed by atoms with E-state index in [0.717, 1.165) is 11.1 Å². The molecule has 2 aliphatic rings. The zero-order valence-electron chi connectivity index (χ0n) is 18.1. The molecule has 1 saturated heterocycles. The number of hydrogen-bond acceptors (Lipinski definition) is 4. The summed E-state index contributed by atoms with van der Waals surface area (Å²) < 4.78 is 6.40. The summed E-state index contributed by atoms with van der Waals surface area (Å²) in [6.07, 6.45) is 4.24. The normalized spacial score (nSPS) is 22.9. The molecule has 4 heteroatoms. The van der Waals surface area contributed by atoms with E-state index >= 15 is 0 Å². The fraction of sp³-hybridized carbons (Fsp3) is 0.346. The maximum Gasteiger partial charge on any atom is 0.189 e. The van der Waals surface area contributed by atoms with Gasteiger partial charge in [-0.1, -0.05) is 80.1 Å². The van der Waals surface area contributed by atoms with Crippen molar-refractivity contribution in [2.24, 2.45) is 5.92 Å². The van der Waals surface area contributed by atoms with Crippen LogP contribution in [0.25, 0.3) is 0 Å². The molecular weight excluding hydrogens is 374 g/mol. The molecule has 1 heterocycles. The van der Waals surface area contributed by atoms with Gasteiger partial charge in [0.2, 0.25) is 0 Å². The van der Waals surface area contributed by atoms with E-state index in [1.807, 2.05) is 47.5 Å². The molecule has 4 rings (SSSR count). The van der Waals surface area contributed by atoms with Gasteiger partial charge in [-0.3, -0.25) is 9.63 Å². The number of fused-ring (bicyclic) bond motifs is 3. The maximum atomic E-state index is 12.8. The van der Waals surface area contributed by atoms with E-state index in [9.17, 15) is 4.79 Å². The molecule has 0 bridgehead atoms. The first kappa shape index (κ1) is 20.6. The van der Waals surface area contributed by atoms with Crippen LogP contribution in [0, 0.1) is 5.92 Å². The van der Waals surface area contributed by atoms with Gasteiger partial charge in [0, 0.05) is 17.6 Å². The first-order valence-corrected chi connectivity index (χ1v) is 10.6. The first-order valence-electron chi connectivity index (χ1n) is 10.6. The van der Waals surface area contributed by atoms with Crippen LogP contribution in [0.3, 0.4) is 0 Å². The van der Waals surface area contributed by atoms with E-state index in [1.165, 1.54) is 5.57 Å². The Kier molecular flexibility index (Phi) is 5.63. The maximum absolute atomic E-state index is 12.8. The third-order valence-corrected chi connectivity index (χ3v) is 5.75. The number of carbonyl (C=O) groups excluding carboxylic acids is 1. The van der Waals surface area contributed by atoms with Gasteiger partial charge in [0.15, 0.2) is 12.0 Å². The second-order valence-corrected chi connectivity index (χ2v) is 8.60. The fourth-order valence-corrected chi connectivity index (χ4v) is 4.22. The quantitative estimate of drug-likeness (QED) is 0.575. The van der Waals surface area contributed by atoms with E-state index in [1.54, 1.807) is 6.08 Å². The molecule has 30 heavy (non-hydrogen) atoms. The molecular formula is C26H29NO3. The molecule has 2 unspecified atom stereocenters. The van der Waals surface area contributed by atoms with Crippen LogP contribution in [0.4, 0.5) is 0 Å². The van der Waals surface area contributed by atoms with Crippen LogP contribution in [0.5, 0.6) is 0 Å². The van der Waals surface area contributed by atoms with E-state index in [4.69, 9.17) is 9.57 Å². The van der Waals surface area contributed by atoms with Crippen LogP contribution in [0.15, 0.2) is 78.1 Å². The Hall–Kier alpha value is -2.69. The molecule has 4 nitrogen and oxygen atoms in total. The average molecular weight is 404 g/mol. The van der Waals surface area contributed by atoms with E-state index in [0.29, 0.717) is 24.4 Å². The van der Waals surface area contributed by atoms with Crippen LogP contribution in [0.2, 0.25) is 0 Å². The van der Waals surface area contributed by atoms with Gasteiger partial charge >= 0.3 is 0 Å². The van der Waals surface area contributed by atoms with Crippen molar-refractivity contribution in [1.82, 2.24) is 5.06 Å². The summed E-state index contributed by atoms with van der Waals surface area (Å²) in [6, 6.07) is 18.0. The summed E-state index contributed by atoms with van der Waals surface area (Å²) in [5, 5.41) is 2.00. The molecule has 0 spiro atoms. The molecule has 0 saturated carbocycles. The predicted octanol–water partition coefficient (Wildman–Crippen LogP) is 5.76. The number of ether oxygens (including phenoxy) is 1. The van der Waals surface area contributed by atoms with Crippen molar-refractivity contribution in [3.8, 4) is 0 Å². The number of ketones is 1. The minimum atomic E-state index is -0.661. The Bertz CT molecular complexity index is 988. The molecule has 2 atom stereocenters. The van der Waals surface area contributed by atoms with Crippen molar-refractivity contribution in [2.75, 3.05) is 0 Å². The second-order valence-electron chi connectivity index (χ2n) is 8.60. The number of rotatable bonds is 6. The molecule has 0 N–H and O–H groups in total. The van der Waals surface area contributed by atoms with Gasteiger partial charge in [-0.25, -0.2) is 0 Å². The van der Waals surface area contributed by atoms with Gasteiger partial charge in [0.05, 0.1) is 6.61 Å². The summed E-state index contributed by atoms with van der Waals surface area (Å²) in [7, 11) is 0. The molecule has 2 aromatic rings. The Morgan fingerprint density at radius 3 is 2.53 bits per heavy atom. The molecule has 1 aliphatic heterocycles. The molecule has 0 amide bonds. The Labute approximate surface area is 178 Å². The van der Waals surface area contributed by atoms with E-state index in [-0.39, 0.29) is 17.9 Å². The summed E-state index contributed by atoms with van der Waals surface area (Å²) in [5.74, 6) is 0.842. The molecule has 1 aliphatic carbocycles. The van der Waals surface area contributed by atoms with Crippen LogP contribution >= 0.6 is 0 Å².